The van der Waals surface area contributed by atoms with Crippen LogP contribution >= 0.6 is 11.6 Å². The van der Waals surface area contributed by atoms with Crippen molar-refractivity contribution >= 4 is 16.8 Å². The highest BCUT2D eigenvalue weighted by Crippen LogP contribution is 2.20. The molecule has 0 saturated heterocycles. The van der Waals surface area contributed by atoms with Crippen LogP contribution in [0.5, 0.6) is 0 Å². The van der Waals surface area contributed by atoms with Crippen molar-refractivity contribution in [3.63, 3.8) is 0 Å². The average Bonchev–Trinajstić information content (AvgIpc) is 2.04. The van der Waals surface area contributed by atoms with Crippen molar-refractivity contribution < 1.29 is 9.18 Å². The summed E-state index contributed by atoms with van der Waals surface area (Å²) in [5.41, 5.74) is 1.33. The van der Waals surface area contributed by atoms with Crippen LogP contribution in [0.2, 0.25) is 0 Å². The van der Waals surface area contributed by atoms with Gasteiger partial charge in [0.15, 0.2) is 6.17 Å². The van der Waals surface area contributed by atoms with Crippen molar-refractivity contribution in [1.82, 2.24) is 0 Å². The molecule has 0 fully saturated rings. The predicted octanol–water partition coefficient (Wildman–Crippen LogP) is 2.77. The topological polar surface area (TPSA) is 17.1 Å². The minimum atomic E-state index is -1.70. The molecule has 0 heterocycles. The molecule has 0 bridgehead atoms. The van der Waals surface area contributed by atoms with Crippen molar-refractivity contribution in [2.75, 3.05) is 0 Å². The summed E-state index contributed by atoms with van der Waals surface area (Å²) in [4.78, 5) is 10.4. The Hall–Kier alpha value is -0.890. The van der Waals surface area contributed by atoms with E-state index in [9.17, 15) is 9.18 Å². The normalized spacial score (nSPS) is 12.6. The highest BCUT2D eigenvalue weighted by Gasteiger charge is 2.16. The largest absolute Gasteiger partial charge is 0.278 e. The van der Waals surface area contributed by atoms with E-state index in [1.54, 1.807) is 24.3 Å². The van der Waals surface area contributed by atoms with Gasteiger partial charge in [0.05, 0.1) is 0 Å². The predicted molar refractivity (Wildman–Crippen MR) is 45.9 cm³/mol. The Balaban J connectivity index is 2.89. The summed E-state index contributed by atoms with van der Waals surface area (Å²) in [6, 6.07) is 6.59. The maximum atomic E-state index is 12.9. The number of carbonyl (C=O) groups excluding carboxylic acids is 1. The first-order chi connectivity index (χ1) is 5.61. The third-order valence-electron chi connectivity index (χ3n) is 1.57. The van der Waals surface area contributed by atoms with Gasteiger partial charge in [0.25, 0.3) is 5.24 Å². The fourth-order valence-electron chi connectivity index (χ4n) is 0.866. The molecule has 1 nitrogen and oxygen atoms in total. The van der Waals surface area contributed by atoms with Gasteiger partial charge >= 0.3 is 0 Å². The van der Waals surface area contributed by atoms with E-state index in [0.29, 0.717) is 5.56 Å². The van der Waals surface area contributed by atoms with Gasteiger partial charge in [0, 0.05) is 0 Å². The lowest BCUT2D eigenvalue weighted by Gasteiger charge is -2.02. The molecule has 1 unspecified atom stereocenters. The number of hydrogen-bond acceptors (Lipinski definition) is 1. The van der Waals surface area contributed by atoms with Crippen LogP contribution in [0.25, 0.3) is 0 Å². The van der Waals surface area contributed by atoms with Gasteiger partial charge in [-0.1, -0.05) is 29.8 Å². The maximum Gasteiger partial charge on any atom is 0.260 e. The fourth-order valence-corrected chi connectivity index (χ4v) is 0.992. The molecular weight excluding hydrogens is 179 g/mol. The van der Waals surface area contributed by atoms with Gasteiger partial charge in [-0.25, -0.2) is 4.39 Å². The van der Waals surface area contributed by atoms with Crippen LogP contribution in [0, 0.1) is 6.92 Å². The zero-order chi connectivity index (χ0) is 9.14. The van der Waals surface area contributed by atoms with E-state index >= 15 is 0 Å². The lowest BCUT2D eigenvalue weighted by molar-refractivity contribution is -0.116. The maximum absolute atomic E-state index is 12.9. The number of aryl methyl sites for hydroxylation is 1. The quantitative estimate of drug-likeness (QED) is 0.650. The Morgan fingerprint density at radius 2 is 1.92 bits per heavy atom. The first-order valence-corrected chi connectivity index (χ1v) is 3.89. The lowest BCUT2D eigenvalue weighted by Crippen LogP contribution is -1.99. The second-order valence-corrected chi connectivity index (χ2v) is 2.95. The zero-order valence-electron chi connectivity index (χ0n) is 6.55. The van der Waals surface area contributed by atoms with Crippen LogP contribution in [0.15, 0.2) is 24.3 Å². The molecule has 0 amide bonds. The van der Waals surface area contributed by atoms with Gasteiger partial charge in [0.1, 0.15) is 0 Å². The highest BCUT2D eigenvalue weighted by molar-refractivity contribution is 6.64. The third kappa shape index (κ3) is 2.05. The van der Waals surface area contributed by atoms with Crippen LogP contribution in [0.4, 0.5) is 4.39 Å². The van der Waals surface area contributed by atoms with Gasteiger partial charge < -0.3 is 0 Å². The lowest BCUT2D eigenvalue weighted by atomic mass is 10.1. The molecule has 0 aromatic heterocycles. The molecule has 12 heavy (non-hydrogen) atoms. The van der Waals surface area contributed by atoms with E-state index < -0.39 is 11.4 Å². The smallest absolute Gasteiger partial charge is 0.260 e. The number of halogens is 2. The standard InChI is InChI=1S/C9H8ClFO/c1-6-2-4-7(5-3-6)8(11)9(10)12/h2-5,8H,1H3. The zero-order valence-corrected chi connectivity index (χ0v) is 7.31. The molecule has 1 aromatic rings. The first-order valence-electron chi connectivity index (χ1n) is 3.51. The molecule has 0 saturated carbocycles. The fraction of sp³-hybridized carbons (Fsp3) is 0.222. The van der Waals surface area contributed by atoms with Crippen molar-refractivity contribution in [3.05, 3.63) is 35.4 Å². The summed E-state index contributed by atoms with van der Waals surface area (Å²) in [6.45, 7) is 1.89. The minimum absolute atomic E-state index is 0.306. The molecule has 1 atom stereocenters. The SMILES string of the molecule is Cc1ccc(C(F)C(=O)Cl)cc1. The van der Waals surface area contributed by atoms with Crippen molar-refractivity contribution in [1.29, 1.82) is 0 Å². The summed E-state index contributed by atoms with van der Waals surface area (Å²) in [5.74, 6) is 0. The van der Waals surface area contributed by atoms with Gasteiger partial charge in [-0.3, -0.25) is 4.79 Å². The summed E-state index contributed by atoms with van der Waals surface area (Å²) >= 11 is 4.99. The molecule has 0 aliphatic rings. The molecule has 0 spiro atoms. The molecule has 1 aromatic carbocycles. The molecule has 0 aliphatic carbocycles. The van der Waals surface area contributed by atoms with Crippen LogP contribution in [-0.4, -0.2) is 5.24 Å². The third-order valence-corrected chi connectivity index (χ3v) is 1.76. The van der Waals surface area contributed by atoms with Gasteiger partial charge in [-0.15, -0.1) is 0 Å². The average molecular weight is 187 g/mol. The number of hydrogen-bond donors (Lipinski definition) is 0. The second kappa shape index (κ2) is 3.68. The van der Waals surface area contributed by atoms with E-state index in [-0.39, 0.29) is 0 Å². The number of rotatable bonds is 2. The van der Waals surface area contributed by atoms with Gasteiger partial charge in [-0.2, -0.15) is 0 Å². The van der Waals surface area contributed by atoms with Crippen LogP contribution in [0.3, 0.4) is 0 Å². The number of carbonyl (C=O) groups is 1. The van der Waals surface area contributed by atoms with E-state index in [2.05, 4.69) is 0 Å². The Bertz CT molecular complexity index is 281. The Morgan fingerprint density at radius 3 is 2.33 bits per heavy atom. The van der Waals surface area contributed by atoms with E-state index in [1.807, 2.05) is 6.92 Å². The van der Waals surface area contributed by atoms with Crippen molar-refractivity contribution in [2.24, 2.45) is 0 Å². The van der Waals surface area contributed by atoms with Gasteiger partial charge in [0.2, 0.25) is 0 Å². The summed E-state index contributed by atoms with van der Waals surface area (Å²) in [7, 11) is 0. The van der Waals surface area contributed by atoms with Crippen molar-refractivity contribution in [2.45, 2.75) is 13.1 Å². The number of alkyl halides is 1. The molecule has 0 radical (unpaired) electrons. The molecule has 64 valence electrons. The van der Waals surface area contributed by atoms with Crippen LogP contribution in [0.1, 0.15) is 17.3 Å². The molecule has 0 aliphatic heterocycles. The van der Waals surface area contributed by atoms with E-state index in [0.717, 1.165) is 5.56 Å². The summed E-state index contributed by atoms with van der Waals surface area (Å²) in [5, 5.41) is -0.973. The van der Waals surface area contributed by atoms with Crippen LogP contribution < -0.4 is 0 Å². The molecule has 3 heteroatoms. The van der Waals surface area contributed by atoms with Crippen molar-refractivity contribution in [3.8, 4) is 0 Å². The Labute approximate surface area is 75.2 Å². The Kier molecular flexibility index (Phi) is 2.82. The Morgan fingerprint density at radius 1 is 1.42 bits per heavy atom. The summed E-state index contributed by atoms with van der Waals surface area (Å²) in [6.07, 6.45) is -1.70. The second-order valence-electron chi connectivity index (χ2n) is 2.58. The van der Waals surface area contributed by atoms with E-state index in [1.165, 1.54) is 0 Å². The minimum Gasteiger partial charge on any atom is -0.278 e. The summed E-state index contributed by atoms with van der Waals surface area (Å²) < 4.78 is 12.9. The molecule has 0 N–H and O–H groups in total. The number of benzene rings is 1. The molecular formula is C9H8ClFO. The highest BCUT2D eigenvalue weighted by atomic mass is 35.5. The van der Waals surface area contributed by atoms with E-state index in [4.69, 9.17) is 11.6 Å². The van der Waals surface area contributed by atoms with Gasteiger partial charge in [-0.05, 0) is 24.1 Å². The molecule has 1 rings (SSSR count). The van der Waals surface area contributed by atoms with Crippen LogP contribution in [-0.2, 0) is 4.79 Å². The monoisotopic (exact) mass is 186 g/mol. The first kappa shape index (κ1) is 9.20.